The summed E-state index contributed by atoms with van der Waals surface area (Å²) >= 11 is 1.65. The van der Waals surface area contributed by atoms with Gasteiger partial charge in [0.2, 0.25) is 5.91 Å². The van der Waals surface area contributed by atoms with E-state index in [9.17, 15) is 4.79 Å². The molecule has 0 aliphatic carbocycles. The summed E-state index contributed by atoms with van der Waals surface area (Å²) in [5, 5.41) is 9.49. The van der Waals surface area contributed by atoms with Crippen LogP contribution in [-0.4, -0.2) is 24.0 Å². The summed E-state index contributed by atoms with van der Waals surface area (Å²) < 4.78 is 0. The molecule has 5 heteroatoms. The van der Waals surface area contributed by atoms with E-state index in [1.807, 2.05) is 24.4 Å². The highest BCUT2D eigenvalue weighted by Gasteiger charge is 2.23. The van der Waals surface area contributed by atoms with Crippen molar-refractivity contribution in [2.45, 2.75) is 19.8 Å². The highest BCUT2D eigenvalue weighted by atomic mass is 32.1. The Kier molecular flexibility index (Phi) is 4.20. The zero-order valence-corrected chi connectivity index (χ0v) is 12.9. The molecule has 110 valence electrons. The van der Waals surface area contributed by atoms with E-state index in [0.717, 1.165) is 29.2 Å². The average molecular weight is 301 g/mol. The topological polar surface area (TPSA) is 54.0 Å². The molecule has 1 unspecified atom stereocenters. The Morgan fingerprint density at radius 1 is 1.48 bits per heavy atom. The van der Waals surface area contributed by atoms with Gasteiger partial charge in [-0.1, -0.05) is 18.2 Å². The smallest absolute Gasteiger partial charge is 0.225 e. The lowest BCUT2D eigenvalue weighted by atomic mass is 9.93. The van der Waals surface area contributed by atoms with Crippen molar-refractivity contribution >= 4 is 22.9 Å². The average Bonchev–Trinajstić information content (AvgIpc) is 2.92. The van der Waals surface area contributed by atoms with Crippen LogP contribution in [0.4, 0.5) is 5.69 Å². The highest BCUT2D eigenvalue weighted by molar-refractivity contribution is 7.09. The van der Waals surface area contributed by atoms with Crippen molar-refractivity contribution in [3.63, 3.8) is 0 Å². The van der Waals surface area contributed by atoms with Crippen LogP contribution in [0.1, 0.15) is 16.3 Å². The maximum absolute atomic E-state index is 12.2. The molecule has 0 saturated heterocycles. The Labute approximate surface area is 128 Å². The second-order valence-corrected chi connectivity index (χ2v) is 6.31. The molecule has 0 radical (unpaired) electrons. The Hall–Kier alpha value is -1.88. The molecular formula is C16H19N3OS. The van der Waals surface area contributed by atoms with Crippen molar-refractivity contribution in [3.05, 3.63) is 45.9 Å². The first-order valence-electron chi connectivity index (χ1n) is 7.23. The third kappa shape index (κ3) is 3.42. The zero-order valence-electron chi connectivity index (χ0n) is 12.1. The van der Waals surface area contributed by atoms with Gasteiger partial charge in [0.1, 0.15) is 0 Å². The van der Waals surface area contributed by atoms with E-state index in [0.29, 0.717) is 13.1 Å². The third-order valence-corrected chi connectivity index (χ3v) is 4.72. The van der Waals surface area contributed by atoms with Gasteiger partial charge in [0, 0.05) is 36.3 Å². The van der Waals surface area contributed by atoms with Crippen LogP contribution in [0.3, 0.4) is 0 Å². The zero-order chi connectivity index (χ0) is 14.7. The summed E-state index contributed by atoms with van der Waals surface area (Å²) in [6.45, 7) is 3.35. The van der Waals surface area contributed by atoms with Gasteiger partial charge in [-0.05, 0) is 25.0 Å². The number of carbonyl (C=O) groups excluding carboxylic acids is 1. The van der Waals surface area contributed by atoms with Crippen LogP contribution in [0.5, 0.6) is 0 Å². The molecule has 0 fully saturated rings. The van der Waals surface area contributed by atoms with E-state index in [-0.39, 0.29) is 11.8 Å². The first-order chi connectivity index (χ1) is 10.2. The summed E-state index contributed by atoms with van der Waals surface area (Å²) in [5.74, 6) is 0.142. The quantitative estimate of drug-likeness (QED) is 0.912. The monoisotopic (exact) mass is 301 g/mol. The number of nitrogens with one attached hydrogen (secondary N) is 2. The van der Waals surface area contributed by atoms with E-state index < -0.39 is 0 Å². The van der Waals surface area contributed by atoms with Gasteiger partial charge in [0.05, 0.1) is 10.9 Å². The number of anilines is 1. The molecule has 0 spiro atoms. The van der Waals surface area contributed by atoms with Gasteiger partial charge in [-0.3, -0.25) is 4.79 Å². The molecule has 1 atom stereocenters. The normalized spacial score (nSPS) is 16.9. The van der Waals surface area contributed by atoms with E-state index >= 15 is 0 Å². The van der Waals surface area contributed by atoms with Crippen molar-refractivity contribution in [1.82, 2.24) is 10.3 Å². The standard InChI is InChI=1S/C16H19N3OS/c1-11-10-21-15(19-11)6-7-17-16(20)13-8-12-4-2-3-5-14(12)18-9-13/h2-5,10,13,18H,6-9H2,1H3,(H,17,20). The molecule has 1 aromatic heterocycles. The van der Waals surface area contributed by atoms with Crippen LogP contribution >= 0.6 is 11.3 Å². The lowest BCUT2D eigenvalue weighted by molar-refractivity contribution is -0.124. The number of amides is 1. The number of hydrogen-bond acceptors (Lipinski definition) is 4. The van der Waals surface area contributed by atoms with Gasteiger partial charge in [-0.25, -0.2) is 4.98 Å². The number of nitrogens with zero attached hydrogens (tertiary/aromatic N) is 1. The summed E-state index contributed by atoms with van der Waals surface area (Å²) in [6.07, 6.45) is 1.62. The van der Waals surface area contributed by atoms with Crippen LogP contribution in [-0.2, 0) is 17.6 Å². The van der Waals surface area contributed by atoms with E-state index in [2.05, 4.69) is 27.8 Å². The maximum Gasteiger partial charge on any atom is 0.225 e. The number of carbonyl (C=O) groups is 1. The van der Waals surface area contributed by atoms with Crippen LogP contribution in [0.2, 0.25) is 0 Å². The second-order valence-electron chi connectivity index (χ2n) is 5.36. The number of hydrogen-bond donors (Lipinski definition) is 2. The number of para-hydroxylation sites is 1. The maximum atomic E-state index is 12.2. The lowest BCUT2D eigenvalue weighted by Crippen LogP contribution is -2.38. The minimum atomic E-state index is 0.0120. The number of rotatable bonds is 4. The molecule has 1 aliphatic rings. The molecule has 3 rings (SSSR count). The van der Waals surface area contributed by atoms with Gasteiger partial charge in [-0.15, -0.1) is 11.3 Å². The Morgan fingerprint density at radius 3 is 3.14 bits per heavy atom. The number of benzene rings is 1. The van der Waals surface area contributed by atoms with Crippen molar-refractivity contribution < 1.29 is 4.79 Å². The van der Waals surface area contributed by atoms with Crippen LogP contribution in [0.25, 0.3) is 0 Å². The lowest BCUT2D eigenvalue weighted by Gasteiger charge is -2.25. The van der Waals surface area contributed by atoms with Gasteiger partial charge in [0.25, 0.3) is 0 Å². The third-order valence-electron chi connectivity index (χ3n) is 3.70. The van der Waals surface area contributed by atoms with Crippen LogP contribution in [0, 0.1) is 12.8 Å². The highest BCUT2D eigenvalue weighted by Crippen LogP contribution is 2.24. The van der Waals surface area contributed by atoms with E-state index in [1.165, 1.54) is 5.56 Å². The first kappa shape index (κ1) is 14.1. The Bertz CT molecular complexity index is 638. The molecule has 4 nitrogen and oxygen atoms in total. The number of fused-ring (bicyclic) bond motifs is 1. The molecule has 0 bridgehead atoms. The van der Waals surface area contributed by atoms with E-state index in [4.69, 9.17) is 0 Å². The number of aromatic nitrogens is 1. The molecule has 2 heterocycles. The van der Waals surface area contributed by atoms with Gasteiger partial charge < -0.3 is 10.6 Å². The summed E-state index contributed by atoms with van der Waals surface area (Å²) in [7, 11) is 0. The molecule has 1 aliphatic heterocycles. The summed E-state index contributed by atoms with van der Waals surface area (Å²) in [5.41, 5.74) is 3.42. The van der Waals surface area contributed by atoms with Crippen LogP contribution in [0.15, 0.2) is 29.6 Å². The predicted molar refractivity (Wildman–Crippen MR) is 85.7 cm³/mol. The number of thiazole rings is 1. The van der Waals surface area contributed by atoms with Crippen molar-refractivity contribution in [2.24, 2.45) is 5.92 Å². The minimum Gasteiger partial charge on any atom is -0.384 e. The molecule has 2 aromatic rings. The molecule has 0 saturated carbocycles. The minimum absolute atomic E-state index is 0.0120. The fraction of sp³-hybridized carbons (Fsp3) is 0.375. The SMILES string of the molecule is Cc1csc(CCNC(=O)C2CNc3ccccc3C2)n1. The fourth-order valence-electron chi connectivity index (χ4n) is 2.58. The summed E-state index contributed by atoms with van der Waals surface area (Å²) in [6, 6.07) is 8.18. The Balaban J connectivity index is 1.50. The van der Waals surface area contributed by atoms with E-state index in [1.54, 1.807) is 11.3 Å². The molecule has 1 amide bonds. The van der Waals surface area contributed by atoms with Crippen LogP contribution < -0.4 is 10.6 Å². The van der Waals surface area contributed by atoms with Gasteiger partial charge in [0.15, 0.2) is 0 Å². The molecule has 2 N–H and O–H groups in total. The van der Waals surface area contributed by atoms with Gasteiger partial charge in [-0.2, -0.15) is 0 Å². The van der Waals surface area contributed by atoms with Crippen molar-refractivity contribution in [2.75, 3.05) is 18.4 Å². The van der Waals surface area contributed by atoms with Crippen molar-refractivity contribution in [3.8, 4) is 0 Å². The Morgan fingerprint density at radius 2 is 2.33 bits per heavy atom. The van der Waals surface area contributed by atoms with Gasteiger partial charge >= 0.3 is 0 Å². The summed E-state index contributed by atoms with van der Waals surface area (Å²) in [4.78, 5) is 16.6. The molecular weight excluding hydrogens is 282 g/mol. The predicted octanol–water partition coefficient (Wildman–Crippen LogP) is 2.39. The van der Waals surface area contributed by atoms with Crippen molar-refractivity contribution in [1.29, 1.82) is 0 Å². The molecule has 21 heavy (non-hydrogen) atoms. The number of aryl methyl sites for hydroxylation is 1. The fourth-order valence-corrected chi connectivity index (χ4v) is 3.36. The molecule has 1 aromatic carbocycles. The second kappa shape index (κ2) is 6.26. The first-order valence-corrected chi connectivity index (χ1v) is 8.11. The largest absolute Gasteiger partial charge is 0.384 e.